The van der Waals surface area contributed by atoms with Gasteiger partial charge in [-0.15, -0.1) is 0 Å². The Morgan fingerprint density at radius 3 is 2.88 bits per heavy atom. The number of hydrogen-bond donors (Lipinski definition) is 1. The van der Waals surface area contributed by atoms with E-state index in [9.17, 15) is 9.59 Å². The molecule has 3 aromatic rings. The summed E-state index contributed by atoms with van der Waals surface area (Å²) in [5.41, 5.74) is -0.135. The summed E-state index contributed by atoms with van der Waals surface area (Å²) < 4.78 is 12.0. The van der Waals surface area contributed by atoms with Crippen LogP contribution in [0.3, 0.4) is 0 Å². The van der Waals surface area contributed by atoms with E-state index in [2.05, 4.69) is 15.6 Å². The molecule has 134 valence electrons. The molecule has 1 aliphatic carbocycles. The first-order valence-electron chi connectivity index (χ1n) is 8.51. The first kappa shape index (κ1) is 16.3. The van der Waals surface area contributed by atoms with Crippen molar-refractivity contribution < 1.29 is 13.7 Å². The highest BCUT2D eigenvalue weighted by molar-refractivity contribution is 5.90. The smallest absolute Gasteiger partial charge is 0.266 e. The van der Waals surface area contributed by atoms with Gasteiger partial charge in [0.2, 0.25) is 11.7 Å². The van der Waals surface area contributed by atoms with Gasteiger partial charge in [0.25, 0.3) is 5.56 Å². The predicted molar refractivity (Wildman–Crippen MR) is 91.2 cm³/mol. The van der Waals surface area contributed by atoms with E-state index in [0.717, 1.165) is 12.8 Å². The Kier molecular flexibility index (Phi) is 4.16. The Bertz CT molecular complexity index is 953. The minimum Gasteiger partial charge on any atom is -0.461 e. The normalized spacial score (nSPS) is 14.9. The van der Waals surface area contributed by atoms with Crippen LogP contribution in [0.1, 0.15) is 25.0 Å². The fourth-order valence-electron chi connectivity index (χ4n) is 2.92. The van der Waals surface area contributed by atoms with E-state index in [1.165, 1.54) is 10.7 Å². The van der Waals surface area contributed by atoms with Crippen molar-refractivity contribution in [3.63, 3.8) is 0 Å². The number of amides is 1. The molecule has 0 unspecified atom stereocenters. The van der Waals surface area contributed by atoms with Crippen LogP contribution in [-0.4, -0.2) is 27.4 Å². The molecule has 1 N–H and O–H groups in total. The van der Waals surface area contributed by atoms with Crippen molar-refractivity contribution >= 4 is 5.91 Å². The molecule has 8 heteroatoms. The van der Waals surface area contributed by atoms with E-state index in [1.807, 2.05) is 0 Å². The molecular formula is C18H18N4O4. The Balaban J connectivity index is 1.34. The Morgan fingerprint density at radius 2 is 2.15 bits per heavy atom. The van der Waals surface area contributed by atoms with Crippen LogP contribution >= 0.6 is 0 Å². The second kappa shape index (κ2) is 6.62. The molecule has 0 aromatic carbocycles. The molecule has 1 saturated carbocycles. The number of nitrogens with one attached hydrogen (secondary N) is 1. The maximum atomic E-state index is 12.6. The van der Waals surface area contributed by atoms with Crippen molar-refractivity contribution in [2.45, 2.75) is 31.2 Å². The van der Waals surface area contributed by atoms with E-state index in [1.54, 1.807) is 36.7 Å². The molecule has 0 spiro atoms. The summed E-state index contributed by atoms with van der Waals surface area (Å²) in [6.07, 6.45) is 5.23. The molecule has 0 atom stereocenters. The second-order valence-electron chi connectivity index (χ2n) is 6.33. The minimum absolute atomic E-state index is 0.0647. The zero-order valence-corrected chi connectivity index (χ0v) is 14.1. The van der Waals surface area contributed by atoms with Gasteiger partial charge < -0.3 is 14.3 Å². The summed E-state index contributed by atoms with van der Waals surface area (Å²) in [4.78, 5) is 24.2. The summed E-state index contributed by atoms with van der Waals surface area (Å²) in [5, 5.41) is 11.0. The molecule has 0 aliphatic heterocycles. The molecule has 0 saturated heterocycles. The van der Waals surface area contributed by atoms with Gasteiger partial charge in [0, 0.05) is 31.4 Å². The highest BCUT2D eigenvalue weighted by Crippen LogP contribution is 2.48. The molecule has 0 radical (unpaired) electrons. The van der Waals surface area contributed by atoms with Crippen LogP contribution in [0.2, 0.25) is 0 Å². The highest BCUT2D eigenvalue weighted by atomic mass is 16.5. The standard InChI is InChI=1S/C18H18N4O4/c23-16-5-1-9-20-22(16)10-3-8-19-17(24)18(6-7-18)15-12-14(26-21-15)13-4-2-11-25-13/h1-2,4-5,9,11-12H,3,6-8,10H2,(H,19,24). The number of aryl methyl sites for hydroxylation is 1. The first-order chi connectivity index (χ1) is 12.7. The van der Waals surface area contributed by atoms with Gasteiger partial charge in [0.1, 0.15) is 0 Å². The number of hydrogen-bond acceptors (Lipinski definition) is 6. The SMILES string of the molecule is O=C(NCCCn1ncccc1=O)C1(c2cc(-c3ccco3)on2)CC1. The maximum Gasteiger partial charge on any atom is 0.266 e. The molecule has 8 nitrogen and oxygen atoms in total. The molecule has 1 aliphatic rings. The first-order valence-corrected chi connectivity index (χ1v) is 8.51. The van der Waals surface area contributed by atoms with E-state index in [0.29, 0.717) is 36.7 Å². The van der Waals surface area contributed by atoms with Gasteiger partial charge in [-0.05, 0) is 37.5 Å². The summed E-state index contributed by atoms with van der Waals surface area (Å²) >= 11 is 0. The lowest BCUT2D eigenvalue weighted by Gasteiger charge is -2.12. The monoisotopic (exact) mass is 354 g/mol. The number of rotatable bonds is 7. The third-order valence-electron chi connectivity index (χ3n) is 4.57. The Labute approximate surface area is 148 Å². The average molecular weight is 354 g/mol. The number of aromatic nitrogens is 3. The lowest BCUT2D eigenvalue weighted by Crippen LogP contribution is -2.36. The van der Waals surface area contributed by atoms with Crippen LogP contribution in [0.4, 0.5) is 0 Å². The van der Waals surface area contributed by atoms with Gasteiger partial charge in [-0.2, -0.15) is 5.10 Å². The zero-order chi connectivity index (χ0) is 18.0. The van der Waals surface area contributed by atoms with Gasteiger partial charge >= 0.3 is 0 Å². The third-order valence-corrected chi connectivity index (χ3v) is 4.57. The van der Waals surface area contributed by atoms with Gasteiger partial charge in [-0.25, -0.2) is 4.68 Å². The highest BCUT2D eigenvalue weighted by Gasteiger charge is 2.53. The number of nitrogens with zero attached hydrogens (tertiary/aromatic N) is 3. The van der Waals surface area contributed by atoms with E-state index in [4.69, 9.17) is 8.94 Å². The Hall–Kier alpha value is -3.16. The summed E-state index contributed by atoms with van der Waals surface area (Å²) in [7, 11) is 0. The molecule has 0 bridgehead atoms. The quantitative estimate of drug-likeness (QED) is 0.648. The average Bonchev–Trinajstić information content (AvgIpc) is 3.07. The molecule has 1 fully saturated rings. The maximum absolute atomic E-state index is 12.6. The number of carbonyl (C=O) groups is 1. The van der Waals surface area contributed by atoms with E-state index < -0.39 is 5.41 Å². The second-order valence-corrected chi connectivity index (χ2v) is 6.33. The number of furan rings is 1. The van der Waals surface area contributed by atoms with Crippen LogP contribution in [0.25, 0.3) is 11.5 Å². The van der Waals surface area contributed by atoms with Crippen LogP contribution in [0, 0.1) is 0 Å². The summed E-state index contributed by atoms with van der Waals surface area (Å²) in [6, 6.07) is 8.38. The molecule has 3 heterocycles. The fraction of sp³-hybridized carbons (Fsp3) is 0.333. The van der Waals surface area contributed by atoms with Crippen LogP contribution < -0.4 is 10.9 Å². The van der Waals surface area contributed by atoms with E-state index in [-0.39, 0.29) is 11.5 Å². The third kappa shape index (κ3) is 3.05. The summed E-state index contributed by atoms with van der Waals surface area (Å²) in [6.45, 7) is 0.923. The van der Waals surface area contributed by atoms with Gasteiger partial charge in [0.15, 0.2) is 5.76 Å². The largest absolute Gasteiger partial charge is 0.461 e. The fourth-order valence-corrected chi connectivity index (χ4v) is 2.92. The minimum atomic E-state index is -0.615. The molecule has 1 amide bonds. The van der Waals surface area contributed by atoms with Crippen molar-refractivity contribution in [3.05, 3.63) is 58.8 Å². The number of carbonyl (C=O) groups excluding carboxylic acids is 1. The van der Waals surface area contributed by atoms with Crippen molar-refractivity contribution in [3.8, 4) is 11.5 Å². The van der Waals surface area contributed by atoms with Gasteiger partial charge in [-0.3, -0.25) is 9.59 Å². The van der Waals surface area contributed by atoms with Crippen LogP contribution in [0.5, 0.6) is 0 Å². The van der Waals surface area contributed by atoms with Crippen LogP contribution in [0.15, 0.2) is 56.5 Å². The van der Waals surface area contributed by atoms with E-state index >= 15 is 0 Å². The molecule has 26 heavy (non-hydrogen) atoms. The van der Waals surface area contributed by atoms with Crippen molar-refractivity contribution in [1.82, 2.24) is 20.3 Å². The Morgan fingerprint density at radius 1 is 1.27 bits per heavy atom. The lowest BCUT2D eigenvalue weighted by atomic mass is 10.0. The van der Waals surface area contributed by atoms with Gasteiger partial charge in [0.05, 0.1) is 17.4 Å². The lowest BCUT2D eigenvalue weighted by molar-refractivity contribution is -0.123. The topological polar surface area (TPSA) is 103 Å². The molecule has 3 aromatic heterocycles. The van der Waals surface area contributed by atoms with Crippen molar-refractivity contribution in [2.75, 3.05) is 6.54 Å². The van der Waals surface area contributed by atoms with Crippen molar-refractivity contribution in [1.29, 1.82) is 0 Å². The molecular weight excluding hydrogens is 336 g/mol. The zero-order valence-electron chi connectivity index (χ0n) is 14.1. The predicted octanol–water partition coefficient (Wildman–Crippen LogP) is 1.73. The van der Waals surface area contributed by atoms with Crippen LogP contribution in [-0.2, 0) is 16.8 Å². The summed E-state index contributed by atoms with van der Waals surface area (Å²) in [5.74, 6) is 1.03. The van der Waals surface area contributed by atoms with Gasteiger partial charge in [-0.1, -0.05) is 5.16 Å². The van der Waals surface area contributed by atoms with Crippen molar-refractivity contribution in [2.24, 2.45) is 0 Å². The molecule has 4 rings (SSSR count).